The normalized spacial score (nSPS) is 33.6. The lowest BCUT2D eigenvalue weighted by Gasteiger charge is -2.58. The molecule has 1 heterocycles. The second-order valence-corrected chi connectivity index (χ2v) is 11.0. The average molecular weight is 464 g/mol. The SMILES string of the molecule is C=CCOC(=O)Nc1nc2c(s1)CC1C(C)(CO)C(O)CCC1(C)C2CC(=O)NC1CC1. The molecule has 0 radical (unpaired) electrons. The Morgan fingerprint density at radius 1 is 1.34 bits per heavy atom. The Kier molecular flexibility index (Phi) is 6.35. The highest BCUT2D eigenvalue weighted by molar-refractivity contribution is 7.15. The number of carbonyl (C=O) groups is 2. The first-order chi connectivity index (χ1) is 15.2. The number of ether oxygens (including phenoxy) is 1. The molecule has 2 amide bonds. The second kappa shape index (κ2) is 8.76. The van der Waals surface area contributed by atoms with Crippen molar-refractivity contribution in [3.8, 4) is 0 Å². The number of fused-ring (bicyclic) bond motifs is 2. The molecule has 4 N–H and O–H groups in total. The van der Waals surface area contributed by atoms with E-state index in [4.69, 9.17) is 9.72 Å². The third-order valence-corrected chi connectivity index (χ3v) is 8.78. The van der Waals surface area contributed by atoms with Crippen molar-refractivity contribution in [2.45, 2.75) is 70.4 Å². The first-order valence-electron chi connectivity index (χ1n) is 11.3. The molecule has 3 aliphatic rings. The number of hydrogen-bond acceptors (Lipinski definition) is 7. The molecule has 8 nitrogen and oxygen atoms in total. The number of thiazole rings is 1. The van der Waals surface area contributed by atoms with Gasteiger partial charge in [0.15, 0.2) is 5.13 Å². The largest absolute Gasteiger partial charge is 0.445 e. The third kappa shape index (κ3) is 4.18. The lowest BCUT2D eigenvalue weighted by molar-refractivity contribution is -0.144. The predicted octanol–water partition coefficient (Wildman–Crippen LogP) is 2.96. The van der Waals surface area contributed by atoms with Gasteiger partial charge in [0.05, 0.1) is 18.4 Å². The molecule has 2 fully saturated rings. The third-order valence-electron chi connectivity index (χ3n) is 7.77. The molecule has 0 spiro atoms. The molecule has 1 aromatic heterocycles. The summed E-state index contributed by atoms with van der Waals surface area (Å²) in [6, 6.07) is 0.275. The zero-order chi connectivity index (χ0) is 23.1. The summed E-state index contributed by atoms with van der Waals surface area (Å²) in [7, 11) is 0. The van der Waals surface area contributed by atoms with Gasteiger partial charge in [-0.3, -0.25) is 10.1 Å². The minimum atomic E-state index is -0.670. The van der Waals surface area contributed by atoms with Gasteiger partial charge in [-0.25, -0.2) is 9.78 Å². The molecule has 4 rings (SSSR count). The number of aliphatic hydroxyl groups is 2. The van der Waals surface area contributed by atoms with Crippen LogP contribution < -0.4 is 10.6 Å². The predicted molar refractivity (Wildman–Crippen MR) is 122 cm³/mol. The number of aliphatic hydroxyl groups excluding tert-OH is 2. The monoisotopic (exact) mass is 463 g/mol. The highest BCUT2D eigenvalue weighted by atomic mass is 32.1. The molecular formula is C23H33N3O5S. The number of aromatic nitrogens is 1. The molecule has 9 heteroatoms. The van der Waals surface area contributed by atoms with E-state index in [2.05, 4.69) is 24.1 Å². The summed E-state index contributed by atoms with van der Waals surface area (Å²) in [6.45, 7) is 7.63. The Morgan fingerprint density at radius 3 is 2.75 bits per heavy atom. The number of amides is 2. The van der Waals surface area contributed by atoms with Crippen LogP contribution in [0.3, 0.4) is 0 Å². The van der Waals surface area contributed by atoms with Crippen LogP contribution >= 0.6 is 11.3 Å². The van der Waals surface area contributed by atoms with Crippen molar-refractivity contribution >= 4 is 28.5 Å². The molecule has 0 aliphatic heterocycles. The maximum absolute atomic E-state index is 12.9. The van der Waals surface area contributed by atoms with Crippen molar-refractivity contribution in [2.24, 2.45) is 16.7 Å². The van der Waals surface area contributed by atoms with E-state index in [1.165, 1.54) is 17.4 Å². The van der Waals surface area contributed by atoms with Crippen LogP contribution in [0, 0.1) is 16.7 Å². The summed E-state index contributed by atoms with van der Waals surface area (Å²) < 4.78 is 5.02. The van der Waals surface area contributed by atoms with Gasteiger partial charge in [-0.2, -0.15) is 0 Å². The lowest BCUT2D eigenvalue weighted by Crippen LogP contribution is -2.57. The van der Waals surface area contributed by atoms with Crippen LogP contribution in [0.5, 0.6) is 0 Å². The standard InChI is InChI=1S/C23H33N3O5S/c1-4-9-31-21(30)26-20-25-19-14(10-18(29)24-13-5-6-13)22(2)8-7-17(28)23(3,12-27)16(22)11-15(19)32-20/h4,13-14,16-17,27-28H,1,5-12H2,2-3H3,(H,24,29)(H,25,26,30). The minimum absolute atomic E-state index is 0.00931. The summed E-state index contributed by atoms with van der Waals surface area (Å²) in [5.74, 6) is -0.171. The van der Waals surface area contributed by atoms with Gasteiger partial charge in [0.2, 0.25) is 5.91 Å². The second-order valence-electron chi connectivity index (χ2n) is 9.92. The van der Waals surface area contributed by atoms with Gasteiger partial charge in [0, 0.05) is 28.7 Å². The van der Waals surface area contributed by atoms with E-state index in [0.717, 1.165) is 29.8 Å². The minimum Gasteiger partial charge on any atom is -0.445 e. The summed E-state index contributed by atoms with van der Waals surface area (Å²) in [5, 5.41) is 27.3. The van der Waals surface area contributed by atoms with Gasteiger partial charge in [0.25, 0.3) is 0 Å². The van der Waals surface area contributed by atoms with E-state index in [1.54, 1.807) is 0 Å². The highest BCUT2D eigenvalue weighted by Gasteiger charge is 2.59. The highest BCUT2D eigenvalue weighted by Crippen LogP contribution is 2.62. The van der Waals surface area contributed by atoms with E-state index in [1.807, 2.05) is 6.92 Å². The maximum atomic E-state index is 12.9. The Morgan fingerprint density at radius 2 is 2.09 bits per heavy atom. The number of rotatable bonds is 7. The molecule has 1 aromatic rings. The van der Waals surface area contributed by atoms with Crippen molar-refractivity contribution in [3.63, 3.8) is 0 Å². The average Bonchev–Trinajstić information content (AvgIpc) is 3.48. The fraction of sp³-hybridized carbons (Fsp3) is 0.696. The van der Waals surface area contributed by atoms with Gasteiger partial charge in [0.1, 0.15) is 6.61 Å². The fourth-order valence-electron chi connectivity index (χ4n) is 5.66. The number of nitrogens with one attached hydrogen (secondary N) is 2. The van der Waals surface area contributed by atoms with Gasteiger partial charge in [-0.1, -0.05) is 26.5 Å². The molecular weight excluding hydrogens is 430 g/mol. The molecule has 0 saturated heterocycles. The van der Waals surface area contributed by atoms with Gasteiger partial charge >= 0.3 is 6.09 Å². The number of hydrogen-bond donors (Lipinski definition) is 4. The van der Waals surface area contributed by atoms with Crippen molar-refractivity contribution in [2.75, 3.05) is 18.5 Å². The zero-order valence-electron chi connectivity index (χ0n) is 18.7. The van der Waals surface area contributed by atoms with E-state index in [9.17, 15) is 19.8 Å². The van der Waals surface area contributed by atoms with E-state index in [0.29, 0.717) is 24.4 Å². The van der Waals surface area contributed by atoms with E-state index < -0.39 is 17.6 Å². The van der Waals surface area contributed by atoms with E-state index >= 15 is 0 Å². The van der Waals surface area contributed by atoms with E-state index in [-0.39, 0.29) is 42.4 Å². The molecule has 0 aromatic carbocycles. The number of anilines is 1. The summed E-state index contributed by atoms with van der Waals surface area (Å²) in [6.07, 6.45) is 4.60. The molecule has 5 atom stereocenters. The van der Waals surface area contributed by atoms with Crippen LogP contribution in [0.2, 0.25) is 0 Å². The van der Waals surface area contributed by atoms with Crippen LogP contribution in [-0.4, -0.2) is 52.6 Å². The van der Waals surface area contributed by atoms with Crippen LogP contribution in [0.1, 0.15) is 62.4 Å². The smallest absolute Gasteiger partial charge is 0.413 e. The molecule has 5 unspecified atom stereocenters. The van der Waals surface area contributed by atoms with Crippen LogP contribution in [-0.2, 0) is 16.0 Å². The van der Waals surface area contributed by atoms with Crippen molar-refractivity contribution in [1.82, 2.24) is 10.3 Å². The Bertz CT molecular complexity index is 900. The zero-order valence-corrected chi connectivity index (χ0v) is 19.5. The number of carbonyl (C=O) groups excluding carboxylic acids is 2. The van der Waals surface area contributed by atoms with Crippen LogP contribution in [0.4, 0.5) is 9.93 Å². The van der Waals surface area contributed by atoms with Crippen molar-refractivity contribution in [3.05, 3.63) is 23.2 Å². The van der Waals surface area contributed by atoms with Crippen LogP contribution in [0.25, 0.3) is 0 Å². The Labute approximate surface area is 192 Å². The molecule has 32 heavy (non-hydrogen) atoms. The van der Waals surface area contributed by atoms with Gasteiger partial charge < -0.3 is 20.3 Å². The van der Waals surface area contributed by atoms with Crippen molar-refractivity contribution in [1.29, 1.82) is 0 Å². The topological polar surface area (TPSA) is 121 Å². The van der Waals surface area contributed by atoms with Crippen LogP contribution in [0.15, 0.2) is 12.7 Å². The summed E-state index contributed by atoms with van der Waals surface area (Å²) in [5.41, 5.74) is -0.134. The first kappa shape index (κ1) is 23.2. The molecule has 0 bridgehead atoms. The number of nitrogens with zero attached hydrogens (tertiary/aromatic N) is 1. The molecule has 176 valence electrons. The van der Waals surface area contributed by atoms with Gasteiger partial charge in [-0.15, -0.1) is 11.3 Å². The quantitative estimate of drug-likeness (QED) is 0.462. The molecule has 2 saturated carbocycles. The Balaban J connectivity index is 1.68. The van der Waals surface area contributed by atoms with Crippen molar-refractivity contribution < 1.29 is 24.5 Å². The summed E-state index contributed by atoms with van der Waals surface area (Å²) in [4.78, 5) is 30.6. The Hall–Kier alpha value is -1.97. The van der Waals surface area contributed by atoms with Gasteiger partial charge in [-0.05, 0) is 43.4 Å². The lowest BCUT2D eigenvalue weighted by atomic mass is 9.47. The first-order valence-corrected chi connectivity index (χ1v) is 12.2. The fourth-order valence-corrected chi connectivity index (χ4v) is 6.71. The maximum Gasteiger partial charge on any atom is 0.413 e. The summed E-state index contributed by atoms with van der Waals surface area (Å²) >= 11 is 1.38. The molecule has 3 aliphatic carbocycles.